The highest BCUT2D eigenvalue weighted by Crippen LogP contribution is 2.22. The van der Waals surface area contributed by atoms with Gasteiger partial charge in [-0.1, -0.05) is 60.7 Å². The van der Waals surface area contributed by atoms with E-state index in [1.807, 2.05) is 60.7 Å². The van der Waals surface area contributed by atoms with Crippen LogP contribution in [0.3, 0.4) is 0 Å². The van der Waals surface area contributed by atoms with Crippen molar-refractivity contribution < 1.29 is 0 Å². The van der Waals surface area contributed by atoms with Gasteiger partial charge in [-0.2, -0.15) is 0 Å². The molecule has 5 heteroatoms. The number of nitrogens with two attached hydrogens (primary N) is 1. The number of allylic oxidation sites excluding steroid dienone is 3. The van der Waals surface area contributed by atoms with Gasteiger partial charge in [-0.3, -0.25) is 0 Å². The fraction of sp³-hybridized carbons (Fsp3) is 0. The van der Waals surface area contributed by atoms with Crippen LogP contribution in [0.15, 0.2) is 79.0 Å². The van der Waals surface area contributed by atoms with E-state index in [1.54, 1.807) is 12.2 Å². The topological polar surface area (TPSA) is 88.5 Å². The van der Waals surface area contributed by atoms with Crippen molar-refractivity contribution in [1.29, 1.82) is 5.41 Å². The summed E-state index contributed by atoms with van der Waals surface area (Å²) in [5.74, 6) is 1.62. The smallest absolute Gasteiger partial charge is 0.165 e. The van der Waals surface area contributed by atoms with Gasteiger partial charge in [0.2, 0.25) is 0 Å². The zero-order chi connectivity index (χ0) is 17.5. The largest absolute Gasteiger partial charge is 0.404 e. The molecule has 122 valence electrons. The number of nitrogens with one attached hydrogen (secondary N) is 1. The van der Waals surface area contributed by atoms with Crippen molar-refractivity contribution in [2.45, 2.75) is 0 Å². The second-order valence-corrected chi connectivity index (χ2v) is 5.19. The molecule has 0 radical (unpaired) electrons. The zero-order valence-corrected chi connectivity index (χ0v) is 13.5. The van der Waals surface area contributed by atoms with Gasteiger partial charge in [-0.05, 0) is 12.2 Å². The molecule has 0 saturated heterocycles. The fourth-order valence-electron chi connectivity index (χ4n) is 2.29. The summed E-state index contributed by atoms with van der Waals surface area (Å²) in [6.07, 6.45) is 5.89. The molecule has 0 aliphatic rings. The first-order valence-corrected chi connectivity index (χ1v) is 7.78. The predicted octanol–water partition coefficient (Wildman–Crippen LogP) is 3.71. The molecule has 1 heterocycles. The average molecular weight is 327 g/mol. The molecular weight excluding hydrogens is 310 g/mol. The Morgan fingerprint density at radius 1 is 0.800 bits per heavy atom. The minimum Gasteiger partial charge on any atom is -0.404 e. The minimum absolute atomic E-state index is 0.466. The SMILES string of the molecule is N=CC=CC(=CN)c1nc(-c2ccccc2)nc(-c2ccccc2)n1. The molecule has 0 aliphatic carbocycles. The van der Waals surface area contributed by atoms with Gasteiger partial charge in [0.15, 0.2) is 17.5 Å². The molecule has 25 heavy (non-hydrogen) atoms. The quantitative estimate of drug-likeness (QED) is 0.552. The molecule has 3 N–H and O–H groups in total. The van der Waals surface area contributed by atoms with E-state index < -0.39 is 0 Å². The number of aromatic nitrogens is 3. The number of benzene rings is 2. The lowest BCUT2D eigenvalue weighted by Gasteiger charge is -2.08. The highest BCUT2D eigenvalue weighted by atomic mass is 15.0. The van der Waals surface area contributed by atoms with Crippen LogP contribution in [0.2, 0.25) is 0 Å². The van der Waals surface area contributed by atoms with Crippen molar-refractivity contribution >= 4 is 11.8 Å². The molecule has 5 nitrogen and oxygen atoms in total. The first-order chi connectivity index (χ1) is 12.3. The summed E-state index contributed by atoms with van der Waals surface area (Å²) < 4.78 is 0. The third-order valence-electron chi connectivity index (χ3n) is 3.51. The van der Waals surface area contributed by atoms with Crippen molar-refractivity contribution in [2.75, 3.05) is 0 Å². The van der Waals surface area contributed by atoms with E-state index in [9.17, 15) is 0 Å². The normalized spacial score (nSPS) is 11.6. The Morgan fingerprint density at radius 2 is 1.32 bits per heavy atom. The van der Waals surface area contributed by atoms with Crippen molar-refractivity contribution in [3.8, 4) is 22.8 Å². The number of hydrogen-bond donors (Lipinski definition) is 2. The average Bonchev–Trinajstić information content (AvgIpc) is 2.70. The summed E-state index contributed by atoms with van der Waals surface area (Å²) in [6, 6.07) is 19.5. The summed E-state index contributed by atoms with van der Waals surface area (Å²) >= 11 is 0. The third-order valence-corrected chi connectivity index (χ3v) is 3.51. The Hall–Kier alpha value is -3.60. The van der Waals surface area contributed by atoms with Gasteiger partial charge in [-0.15, -0.1) is 0 Å². The molecular formula is C20H17N5. The van der Waals surface area contributed by atoms with Crippen molar-refractivity contribution in [3.63, 3.8) is 0 Å². The molecule has 0 atom stereocenters. The van der Waals surface area contributed by atoms with Gasteiger partial charge in [0.1, 0.15) is 0 Å². The monoisotopic (exact) mass is 327 g/mol. The Morgan fingerprint density at radius 3 is 1.76 bits per heavy atom. The van der Waals surface area contributed by atoms with E-state index in [0.29, 0.717) is 23.0 Å². The van der Waals surface area contributed by atoms with Crippen molar-refractivity contribution in [3.05, 3.63) is 84.8 Å². The van der Waals surface area contributed by atoms with Crippen LogP contribution in [-0.2, 0) is 0 Å². The van der Waals surface area contributed by atoms with Gasteiger partial charge >= 0.3 is 0 Å². The molecule has 2 aromatic carbocycles. The van der Waals surface area contributed by atoms with Crippen LogP contribution in [0.1, 0.15) is 5.82 Å². The van der Waals surface area contributed by atoms with Crippen LogP contribution in [-0.4, -0.2) is 21.2 Å². The van der Waals surface area contributed by atoms with Crippen LogP contribution in [0.5, 0.6) is 0 Å². The van der Waals surface area contributed by atoms with Gasteiger partial charge < -0.3 is 11.1 Å². The summed E-state index contributed by atoms with van der Waals surface area (Å²) in [4.78, 5) is 13.7. The molecule has 0 saturated carbocycles. The van der Waals surface area contributed by atoms with E-state index in [1.165, 1.54) is 12.4 Å². The molecule has 0 fully saturated rings. The van der Waals surface area contributed by atoms with Gasteiger partial charge in [0, 0.05) is 29.1 Å². The van der Waals surface area contributed by atoms with E-state index in [-0.39, 0.29) is 0 Å². The molecule has 0 aliphatic heterocycles. The highest BCUT2D eigenvalue weighted by molar-refractivity contribution is 5.78. The number of rotatable bonds is 5. The molecule has 0 unspecified atom stereocenters. The molecule has 0 bridgehead atoms. The molecule has 3 rings (SSSR count). The molecule has 1 aromatic heterocycles. The number of hydrogen-bond acceptors (Lipinski definition) is 5. The molecule has 3 aromatic rings. The molecule has 0 amide bonds. The van der Waals surface area contributed by atoms with Crippen LogP contribution in [0, 0.1) is 5.41 Å². The fourth-order valence-corrected chi connectivity index (χ4v) is 2.29. The maximum atomic E-state index is 7.15. The summed E-state index contributed by atoms with van der Waals surface area (Å²) in [6.45, 7) is 0. The maximum Gasteiger partial charge on any atom is 0.165 e. The van der Waals surface area contributed by atoms with Crippen molar-refractivity contribution in [2.24, 2.45) is 5.73 Å². The summed E-state index contributed by atoms with van der Waals surface area (Å²) in [7, 11) is 0. The first kappa shape index (κ1) is 16.3. The predicted molar refractivity (Wildman–Crippen MR) is 101 cm³/mol. The first-order valence-electron chi connectivity index (χ1n) is 7.78. The van der Waals surface area contributed by atoms with E-state index in [4.69, 9.17) is 11.1 Å². The van der Waals surface area contributed by atoms with Gasteiger partial charge in [0.05, 0.1) is 0 Å². The Labute approximate surface area is 146 Å². The third kappa shape index (κ3) is 3.84. The Kier molecular flexibility index (Phi) is 5.07. The van der Waals surface area contributed by atoms with Crippen LogP contribution in [0.4, 0.5) is 0 Å². The molecule has 0 spiro atoms. The summed E-state index contributed by atoms with van der Waals surface area (Å²) in [5, 5.41) is 7.15. The second-order valence-electron chi connectivity index (χ2n) is 5.19. The van der Waals surface area contributed by atoms with E-state index in [0.717, 1.165) is 11.1 Å². The highest BCUT2D eigenvalue weighted by Gasteiger charge is 2.11. The van der Waals surface area contributed by atoms with E-state index in [2.05, 4.69) is 15.0 Å². The maximum absolute atomic E-state index is 7.15. The van der Waals surface area contributed by atoms with Gasteiger partial charge in [0.25, 0.3) is 0 Å². The Bertz CT molecular complexity index is 858. The van der Waals surface area contributed by atoms with Crippen LogP contribution in [0.25, 0.3) is 28.3 Å². The van der Waals surface area contributed by atoms with E-state index >= 15 is 0 Å². The Balaban J connectivity index is 2.18. The summed E-state index contributed by atoms with van der Waals surface area (Å²) in [5.41, 5.74) is 8.16. The lowest BCUT2D eigenvalue weighted by Crippen LogP contribution is -2.03. The minimum atomic E-state index is 0.466. The standard InChI is InChI=1S/C20H17N5/c21-13-7-12-17(14-22)20-24-18(15-8-3-1-4-9-15)23-19(25-20)16-10-5-2-6-11-16/h1-14,21H,22H2. The lowest BCUT2D eigenvalue weighted by molar-refractivity contribution is 1.04. The lowest BCUT2D eigenvalue weighted by atomic mass is 10.1. The van der Waals surface area contributed by atoms with Crippen LogP contribution >= 0.6 is 0 Å². The zero-order valence-electron chi connectivity index (χ0n) is 13.5. The van der Waals surface area contributed by atoms with Crippen molar-refractivity contribution in [1.82, 2.24) is 15.0 Å². The van der Waals surface area contributed by atoms with Gasteiger partial charge in [-0.25, -0.2) is 15.0 Å². The second kappa shape index (κ2) is 7.79. The van der Waals surface area contributed by atoms with Crippen LogP contribution < -0.4 is 5.73 Å². The number of nitrogens with zero attached hydrogens (tertiary/aromatic N) is 3.